The van der Waals surface area contributed by atoms with Gasteiger partial charge in [-0.1, -0.05) is 6.07 Å². The average Bonchev–Trinajstić information content (AvgIpc) is 3.32. The Morgan fingerprint density at radius 2 is 1.89 bits per heavy atom. The van der Waals surface area contributed by atoms with Gasteiger partial charge in [0, 0.05) is 18.1 Å². The van der Waals surface area contributed by atoms with Crippen LogP contribution >= 0.6 is 0 Å². The van der Waals surface area contributed by atoms with Crippen molar-refractivity contribution < 1.29 is 22.7 Å². The predicted molar refractivity (Wildman–Crippen MR) is 129 cm³/mol. The molecule has 5 rings (SSSR count). The third-order valence-electron chi connectivity index (χ3n) is 5.76. The van der Waals surface area contributed by atoms with Crippen LogP contribution in [-0.2, 0) is 28.3 Å². The fraction of sp³-hybridized carbons (Fsp3) is 0.261. The highest BCUT2D eigenvalue weighted by Gasteiger charge is 2.24. The van der Waals surface area contributed by atoms with E-state index in [1.165, 1.54) is 4.68 Å². The van der Waals surface area contributed by atoms with Gasteiger partial charge >= 0.3 is 0 Å². The Balaban J connectivity index is 1.35. The number of hydrogen-bond acceptors (Lipinski definition) is 7. The van der Waals surface area contributed by atoms with Crippen molar-refractivity contribution in [3.05, 3.63) is 53.3 Å². The summed E-state index contributed by atoms with van der Waals surface area (Å²) >= 11 is 0. The van der Waals surface area contributed by atoms with Crippen molar-refractivity contribution in [2.24, 2.45) is 7.05 Å². The SMILES string of the molecule is Cc1nn(C)c(C)c1S(=O)(=O)Nc1ccc2[nH]nc(NC(=O)Cc3ccc4c(c3)OCCO4)c2c1. The molecule has 0 spiro atoms. The molecule has 2 aromatic carbocycles. The summed E-state index contributed by atoms with van der Waals surface area (Å²) in [5.74, 6) is 1.30. The molecule has 182 valence electrons. The molecule has 4 aromatic rings. The third-order valence-corrected chi connectivity index (χ3v) is 7.39. The number of rotatable bonds is 6. The number of aromatic nitrogens is 4. The van der Waals surface area contributed by atoms with E-state index in [-0.39, 0.29) is 17.2 Å². The standard InChI is InChI=1S/C23H24N6O5S/c1-13-22(14(2)29(3)27-13)35(31,32)28-16-5-6-18-17(12-16)23(26-25-18)24-21(30)11-15-4-7-19-20(10-15)34-9-8-33-19/h4-7,10,12,28H,8-9,11H2,1-3H3,(H2,24,25,26,30). The molecule has 0 atom stereocenters. The number of ether oxygens (including phenoxy) is 2. The maximum Gasteiger partial charge on any atom is 0.265 e. The summed E-state index contributed by atoms with van der Waals surface area (Å²) in [6, 6.07) is 10.3. The Bertz CT molecular complexity index is 1560. The van der Waals surface area contributed by atoms with Gasteiger partial charge in [-0.25, -0.2) is 8.42 Å². The Labute approximate surface area is 201 Å². The number of H-pyrrole nitrogens is 1. The van der Waals surface area contributed by atoms with Crippen LogP contribution in [0, 0.1) is 13.8 Å². The third kappa shape index (κ3) is 4.39. The lowest BCUT2D eigenvalue weighted by atomic mass is 10.1. The number of benzene rings is 2. The highest BCUT2D eigenvalue weighted by molar-refractivity contribution is 7.92. The minimum absolute atomic E-state index is 0.108. The van der Waals surface area contributed by atoms with Crippen LogP contribution in [0.25, 0.3) is 10.9 Å². The largest absolute Gasteiger partial charge is 0.486 e. The van der Waals surface area contributed by atoms with E-state index in [0.717, 1.165) is 5.56 Å². The first-order valence-corrected chi connectivity index (χ1v) is 12.4. The number of aromatic amines is 1. The summed E-state index contributed by atoms with van der Waals surface area (Å²) in [5, 5.41) is 14.6. The summed E-state index contributed by atoms with van der Waals surface area (Å²) in [6.07, 6.45) is 0.108. The Kier molecular flexibility index (Phi) is 5.59. The van der Waals surface area contributed by atoms with Gasteiger partial charge in [0.15, 0.2) is 17.3 Å². The molecule has 3 N–H and O–H groups in total. The molecule has 0 fully saturated rings. The van der Waals surface area contributed by atoms with Crippen molar-refractivity contribution in [2.75, 3.05) is 23.3 Å². The Morgan fingerprint density at radius 3 is 2.63 bits per heavy atom. The monoisotopic (exact) mass is 496 g/mol. The zero-order valence-corrected chi connectivity index (χ0v) is 20.2. The smallest absolute Gasteiger partial charge is 0.265 e. The first-order valence-electron chi connectivity index (χ1n) is 10.9. The normalized spacial score (nSPS) is 13.1. The van der Waals surface area contributed by atoms with Gasteiger partial charge in [0.25, 0.3) is 10.0 Å². The van der Waals surface area contributed by atoms with Gasteiger partial charge in [-0.3, -0.25) is 19.3 Å². The zero-order chi connectivity index (χ0) is 24.7. The highest BCUT2D eigenvalue weighted by Crippen LogP contribution is 2.31. The fourth-order valence-electron chi connectivity index (χ4n) is 4.08. The molecule has 0 radical (unpaired) electrons. The molecule has 1 amide bonds. The van der Waals surface area contributed by atoms with E-state index in [1.54, 1.807) is 51.2 Å². The van der Waals surface area contributed by atoms with Crippen LogP contribution in [0.1, 0.15) is 17.0 Å². The molecule has 11 nitrogen and oxygen atoms in total. The first kappa shape index (κ1) is 22.7. The van der Waals surface area contributed by atoms with E-state index in [0.29, 0.717) is 58.5 Å². The number of amides is 1. The average molecular weight is 497 g/mol. The molecule has 0 saturated heterocycles. The number of nitrogens with zero attached hydrogens (tertiary/aromatic N) is 3. The van der Waals surface area contributed by atoms with E-state index in [9.17, 15) is 13.2 Å². The van der Waals surface area contributed by atoms with E-state index in [2.05, 4.69) is 25.3 Å². The molecule has 0 saturated carbocycles. The second-order valence-electron chi connectivity index (χ2n) is 8.26. The highest BCUT2D eigenvalue weighted by atomic mass is 32.2. The van der Waals surface area contributed by atoms with Gasteiger partial charge in [0.1, 0.15) is 18.1 Å². The maximum absolute atomic E-state index is 13.0. The lowest BCUT2D eigenvalue weighted by molar-refractivity contribution is -0.115. The number of carbonyl (C=O) groups excluding carboxylic acids is 1. The molecule has 1 aliphatic rings. The van der Waals surface area contributed by atoms with Crippen molar-refractivity contribution in [1.82, 2.24) is 20.0 Å². The number of carbonyl (C=O) groups is 1. The minimum atomic E-state index is -3.86. The van der Waals surface area contributed by atoms with E-state index < -0.39 is 10.0 Å². The number of hydrogen-bond donors (Lipinski definition) is 3. The van der Waals surface area contributed by atoms with Gasteiger partial charge in [0.05, 0.1) is 23.3 Å². The van der Waals surface area contributed by atoms with Crippen molar-refractivity contribution in [1.29, 1.82) is 0 Å². The number of anilines is 2. The molecule has 2 aromatic heterocycles. The van der Waals surface area contributed by atoms with Gasteiger partial charge in [0.2, 0.25) is 5.91 Å². The predicted octanol–water partition coefficient (Wildman–Crippen LogP) is 2.67. The maximum atomic E-state index is 13.0. The number of fused-ring (bicyclic) bond motifs is 2. The molecule has 1 aliphatic heterocycles. The second kappa shape index (κ2) is 8.62. The lowest BCUT2D eigenvalue weighted by Crippen LogP contribution is -2.17. The molecule has 12 heteroatoms. The summed E-state index contributed by atoms with van der Waals surface area (Å²) in [4.78, 5) is 12.8. The molecule has 35 heavy (non-hydrogen) atoms. The second-order valence-corrected chi connectivity index (χ2v) is 9.88. The minimum Gasteiger partial charge on any atom is -0.486 e. The summed E-state index contributed by atoms with van der Waals surface area (Å²) in [5.41, 5.74) is 2.70. The zero-order valence-electron chi connectivity index (χ0n) is 19.4. The summed E-state index contributed by atoms with van der Waals surface area (Å²) in [6.45, 7) is 4.31. The Hall–Kier alpha value is -4.06. The Morgan fingerprint density at radius 1 is 1.11 bits per heavy atom. The van der Waals surface area contributed by atoms with Crippen molar-refractivity contribution in [3.63, 3.8) is 0 Å². The molecular weight excluding hydrogens is 472 g/mol. The van der Waals surface area contributed by atoms with Gasteiger partial charge < -0.3 is 14.8 Å². The quantitative estimate of drug-likeness (QED) is 0.373. The van der Waals surface area contributed by atoms with Crippen molar-refractivity contribution in [2.45, 2.75) is 25.2 Å². The van der Waals surface area contributed by atoms with Crippen LogP contribution in [0.2, 0.25) is 0 Å². The van der Waals surface area contributed by atoms with Crippen molar-refractivity contribution in [3.8, 4) is 11.5 Å². The van der Waals surface area contributed by atoms with Crippen LogP contribution < -0.4 is 19.5 Å². The van der Waals surface area contributed by atoms with Crippen LogP contribution in [-0.4, -0.2) is 47.5 Å². The van der Waals surface area contributed by atoms with Crippen LogP contribution in [0.3, 0.4) is 0 Å². The van der Waals surface area contributed by atoms with E-state index in [1.807, 2.05) is 6.07 Å². The summed E-state index contributed by atoms with van der Waals surface area (Å²) in [7, 11) is -2.17. The van der Waals surface area contributed by atoms with Gasteiger partial charge in [-0.05, 0) is 49.7 Å². The van der Waals surface area contributed by atoms with E-state index >= 15 is 0 Å². The summed E-state index contributed by atoms with van der Waals surface area (Å²) < 4.78 is 41.3. The number of aryl methyl sites for hydroxylation is 2. The van der Waals surface area contributed by atoms with Crippen LogP contribution in [0.4, 0.5) is 11.5 Å². The fourth-order valence-corrected chi connectivity index (χ4v) is 5.57. The van der Waals surface area contributed by atoms with E-state index in [4.69, 9.17) is 9.47 Å². The lowest BCUT2D eigenvalue weighted by Gasteiger charge is -2.18. The molecule has 0 bridgehead atoms. The van der Waals surface area contributed by atoms with Crippen molar-refractivity contribution >= 4 is 38.3 Å². The molecule has 0 aliphatic carbocycles. The number of sulfonamides is 1. The van der Waals surface area contributed by atoms with Gasteiger partial charge in [-0.15, -0.1) is 0 Å². The van der Waals surface area contributed by atoms with Gasteiger partial charge in [-0.2, -0.15) is 10.2 Å². The first-order chi connectivity index (χ1) is 16.7. The van der Waals surface area contributed by atoms with Crippen LogP contribution in [0.15, 0.2) is 41.3 Å². The topological polar surface area (TPSA) is 140 Å². The molecule has 0 unspecified atom stereocenters. The van der Waals surface area contributed by atoms with Crippen LogP contribution in [0.5, 0.6) is 11.5 Å². The molecular formula is C23H24N6O5S. The molecule has 3 heterocycles. The number of nitrogens with one attached hydrogen (secondary N) is 3.